The zero-order valence-electron chi connectivity index (χ0n) is 17.8. The minimum Gasteiger partial charge on any atom is -0.507 e. The molecule has 2 heterocycles. The molecule has 0 fully saturated rings. The normalized spacial score (nSPS) is 10.9. The highest BCUT2D eigenvalue weighted by Gasteiger charge is 2.24. The number of halogens is 2. The van der Waals surface area contributed by atoms with Crippen LogP contribution in [0.2, 0.25) is 10.0 Å². The fraction of sp³-hybridized carbons (Fsp3) is 0. The zero-order chi connectivity index (χ0) is 24.5. The van der Waals surface area contributed by atoms with E-state index in [9.17, 15) is 14.7 Å². The van der Waals surface area contributed by atoms with E-state index in [2.05, 4.69) is 20.8 Å². The second-order valence-electron chi connectivity index (χ2n) is 7.55. The Morgan fingerprint density at radius 3 is 2.51 bits per heavy atom. The summed E-state index contributed by atoms with van der Waals surface area (Å²) >= 11 is 12.0. The van der Waals surface area contributed by atoms with E-state index in [0.717, 1.165) is 0 Å². The summed E-state index contributed by atoms with van der Waals surface area (Å²) in [7, 11) is 0. The maximum atomic E-state index is 13.1. The minimum absolute atomic E-state index is 0.0336. The van der Waals surface area contributed by atoms with Crippen LogP contribution in [0.4, 0.5) is 11.4 Å². The number of nitrogens with one attached hydrogen (secondary N) is 3. The number of hydrogen-bond donors (Lipinski definition) is 4. The number of nitrogens with zero attached hydrogens (tertiary/aromatic N) is 1. The van der Waals surface area contributed by atoms with Crippen molar-refractivity contribution in [1.82, 2.24) is 10.2 Å². The second-order valence-corrected chi connectivity index (χ2v) is 8.42. The highest BCUT2D eigenvalue weighted by Crippen LogP contribution is 2.33. The monoisotopic (exact) mass is 506 g/mol. The number of amides is 2. The summed E-state index contributed by atoms with van der Waals surface area (Å²) in [4.78, 5) is 26.1. The maximum absolute atomic E-state index is 13.1. The van der Waals surface area contributed by atoms with Gasteiger partial charge in [0.2, 0.25) is 5.76 Å². The molecule has 0 saturated heterocycles. The molecule has 4 N–H and O–H groups in total. The predicted octanol–water partition coefficient (Wildman–Crippen LogP) is 6.34. The summed E-state index contributed by atoms with van der Waals surface area (Å²) in [5, 5.41) is 23.7. The molecule has 2 aromatic heterocycles. The molecule has 10 heteroatoms. The highest BCUT2D eigenvalue weighted by molar-refractivity contribution is 6.31. The lowest BCUT2D eigenvalue weighted by Crippen LogP contribution is -2.17. The van der Waals surface area contributed by atoms with Crippen LogP contribution in [0.3, 0.4) is 0 Å². The lowest BCUT2D eigenvalue weighted by molar-refractivity contribution is 0.0999. The lowest BCUT2D eigenvalue weighted by Gasteiger charge is -2.07. The van der Waals surface area contributed by atoms with Crippen molar-refractivity contribution >= 4 is 57.4 Å². The van der Waals surface area contributed by atoms with Gasteiger partial charge in [-0.25, -0.2) is 0 Å². The van der Waals surface area contributed by atoms with Crippen LogP contribution in [0.15, 0.2) is 77.2 Å². The molecule has 35 heavy (non-hydrogen) atoms. The molecule has 0 atom stereocenters. The third-order valence-corrected chi connectivity index (χ3v) is 5.65. The first-order valence-corrected chi connectivity index (χ1v) is 11.1. The first kappa shape index (κ1) is 22.5. The molecular weight excluding hydrogens is 491 g/mol. The fourth-order valence-electron chi connectivity index (χ4n) is 3.55. The topological polar surface area (TPSA) is 120 Å². The Bertz CT molecular complexity index is 1590. The lowest BCUT2D eigenvalue weighted by atomic mass is 10.1. The van der Waals surface area contributed by atoms with Crippen molar-refractivity contribution in [3.8, 4) is 17.0 Å². The van der Waals surface area contributed by atoms with Gasteiger partial charge in [-0.05, 0) is 54.6 Å². The number of benzene rings is 3. The van der Waals surface area contributed by atoms with Crippen LogP contribution < -0.4 is 10.6 Å². The van der Waals surface area contributed by atoms with Gasteiger partial charge in [0.25, 0.3) is 11.8 Å². The van der Waals surface area contributed by atoms with Gasteiger partial charge in [-0.15, -0.1) is 0 Å². The molecule has 0 unspecified atom stereocenters. The van der Waals surface area contributed by atoms with Gasteiger partial charge < -0.3 is 20.2 Å². The molecule has 2 amide bonds. The summed E-state index contributed by atoms with van der Waals surface area (Å²) < 4.78 is 5.77. The Morgan fingerprint density at radius 2 is 1.69 bits per heavy atom. The molecule has 0 bridgehead atoms. The van der Waals surface area contributed by atoms with E-state index >= 15 is 0 Å². The number of carbonyl (C=O) groups is 2. The van der Waals surface area contributed by atoms with Crippen LogP contribution >= 0.6 is 23.2 Å². The molecule has 3 aromatic carbocycles. The predicted molar refractivity (Wildman–Crippen MR) is 134 cm³/mol. The molecule has 0 saturated carbocycles. The number of phenolic OH excluding ortho intramolecular Hbond substituents is 1. The molecule has 0 spiro atoms. The van der Waals surface area contributed by atoms with E-state index in [0.29, 0.717) is 38.0 Å². The quantitative estimate of drug-likeness (QED) is 0.221. The van der Waals surface area contributed by atoms with E-state index in [1.807, 2.05) is 0 Å². The van der Waals surface area contributed by atoms with Crippen LogP contribution in [-0.2, 0) is 0 Å². The third-order valence-electron chi connectivity index (χ3n) is 5.18. The molecule has 174 valence electrons. The largest absolute Gasteiger partial charge is 0.507 e. The summed E-state index contributed by atoms with van der Waals surface area (Å²) in [6, 6.07) is 19.6. The molecule has 0 aliphatic rings. The number of para-hydroxylation sites is 1. The van der Waals surface area contributed by atoms with Crippen molar-refractivity contribution in [2.75, 3.05) is 10.6 Å². The first-order valence-electron chi connectivity index (χ1n) is 10.3. The molecule has 5 aromatic rings. The second kappa shape index (κ2) is 9.17. The van der Waals surface area contributed by atoms with Gasteiger partial charge in [-0.2, -0.15) is 5.10 Å². The van der Waals surface area contributed by atoms with E-state index in [-0.39, 0.29) is 22.9 Å². The molecule has 0 aliphatic carbocycles. The maximum Gasteiger partial charge on any atom is 0.293 e. The number of aromatic hydroxyl groups is 1. The van der Waals surface area contributed by atoms with Gasteiger partial charge in [0.15, 0.2) is 0 Å². The molecule has 0 aliphatic heterocycles. The van der Waals surface area contributed by atoms with Crippen molar-refractivity contribution in [2.45, 2.75) is 0 Å². The molecule has 5 rings (SSSR count). The zero-order valence-corrected chi connectivity index (χ0v) is 19.3. The Morgan fingerprint density at radius 1 is 0.886 bits per heavy atom. The average Bonchev–Trinajstić information content (AvgIpc) is 3.46. The smallest absolute Gasteiger partial charge is 0.293 e. The van der Waals surface area contributed by atoms with E-state index in [1.54, 1.807) is 54.6 Å². The summed E-state index contributed by atoms with van der Waals surface area (Å²) in [5.74, 6) is -1.23. The number of aromatic amines is 1. The summed E-state index contributed by atoms with van der Waals surface area (Å²) in [6.07, 6.45) is 0. The number of carbonyl (C=O) groups excluding carboxylic acids is 2. The van der Waals surface area contributed by atoms with E-state index in [4.69, 9.17) is 27.6 Å². The number of anilines is 2. The SMILES string of the molecule is O=C(Nc1c(C(=O)Nc2cccc(Cl)c2)oc2ccccc12)c1cc(-c2cc(Cl)ccc2O)n[nH]1. The average molecular weight is 507 g/mol. The van der Waals surface area contributed by atoms with Crippen molar-refractivity contribution in [2.24, 2.45) is 0 Å². The third kappa shape index (κ3) is 4.57. The summed E-state index contributed by atoms with van der Waals surface area (Å²) in [5.41, 5.74) is 1.89. The first-order chi connectivity index (χ1) is 16.9. The van der Waals surface area contributed by atoms with Crippen LogP contribution in [-0.4, -0.2) is 27.1 Å². The number of furan rings is 1. The van der Waals surface area contributed by atoms with Gasteiger partial charge >= 0.3 is 0 Å². The Kier molecular flexibility index (Phi) is 5.90. The standard InChI is InChI=1S/C25H16Cl2N4O4/c26-13-4-3-5-15(10-13)28-25(34)23-22(16-6-1-2-7-21(16)35-23)29-24(33)19-12-18(30-31-19)17-11-14(27)8-9-20(17)32/h1-12,32H,(H,28,34)(H,29,33)(H,30,31). The van der Waals surface area contributed by atoms with Gasteiger partial charge in [0.05, 0.1) is 5.69 Å². The van der Waals surface area contributed by atoms with Crippen LogP contribution in [0.25, 0.3) is 22.2 Å². The van der Waals surface area contributed by atoms with Crippen LogP contribution in [0.1, 0.15) is 21.0 Å². The highest BCUT2D eigenvalue weighted by atomic mass is 35.5. The number of phenols is 1. The molecule has 8 nitrogen and oxygen atoms in total. The Hall–Kier alpha value is -4.27. The Balaban J connectivity index is 1.46. The van der Waals surface area contributed by atoms with Gasteiger partial charge in [0.1, 0.15) is 22.7 Å². The van der Waals surface area contributed by atoms with Crippen molar-refractivity contribution in [1.29, 1.82) is 0 Å². The van der Waals surface area contributed by atoms with Gasteiger partial charge in [-0.3, -0.25) is 14.7 Å². The number of hydrogen-bond acceptors (Lipinski definition) is 5. The fourth-order valence-corrected chi connectivity index (χ4v) is 3.92. The van der Waals surface area contributed by atoms with Gasteiger partial charge in [-0.1, -0.05) is 41.4 Å². The number of aromatic nitrogens is 2. The summed E-state index contributed by atoms with van der Waals surface area (Å²) in [6.45, 7) is 0. The van der Waals surface area contributed by atoms with Gasteiger partial charge in [0, 0.05) is 26.7 Å². The van der Waals surface area contributed by atoms with Crippen molar-refractivity contribution < 1.29 is 19.1 Å². The van der Waals surface area contributed by atoms with Crippen molar-refractivity contribution in [3.63, 3.8) is 0 Å². The number of H-pyrrole nitrogens is 1. The van der Waals surface area contributed by atoms with Crippen LogP contribution in [0.5, 0.6) is 5.75 Å². The molecule has 0 radical (unpaired) electrons. The Labute approximate surface area is 208 Å². The van der Waals surface area contributed by atoms with Crippen LogP contribution in [0, 0.1) is 0 Å². The number of fused-ring (bicyclic) bond motifs is 1. The van der Waals surface area contributed by atoms with Crippen molar-refractivity contribution in [3.05, 3.63) is 94.3 Å². The van der Waals surface area contributed by atoms with E-state index < -0.39 is 11.8 Å². The minimum atomic E-state index is -0.562. The molecular formula is C25H16Cl2N4O4. The van der Waals surface area contributed by atoms with E-state index in [1.165, 1.54) is 18.2 Å². The number of rotatable bonds is 5.